The minimum Gasteiger partial charge on any atom is -0.763 e. The molecule has 0 aromatic carbocycles. The van der Waals surface area contributed by atoms with Gasteiger partial charge in [0.25, 0.3) is 5.91 Å². The molecule has 0 aliphatic carbocycles. The Hall–Kier alpha value is -1.18. The van der Waals surface area contributed by atoms with Crippen LogP contribution in [0.4, 0.5) is 4.79 Å². The number of nitrogens with zero attached hydrogens (tertiary/aromatic N) is 2. The summed E-state index contributed by atoms with van der Waals surface area (Å²) in [7, 11) is 0.977. The van der Waals surface area contributed by atoms with Crippen LogP contribution < -0.4 is 0 Å². The summed E-state index contributed by atoms with van der Waals surface area (Å²) in [6.07, 6.45) is -0.281. The number of hydrogen-bond acceptors (Lipinski definition) is 3. The topological polar surface area (TPSA) is 68.9 Å². The summed E-state index contributed by atoms with van der Waals surface area (Å²) in [6.45, 7) is 13.0. The van der Waals surface area contributed by atoms with E-state index in [1.165, 1.54) is 14.2 Å². The third-order valence-corrected chi connectivity index (χ3v) is 11.1. The Morgan fingerprint density at radius 3 is 1.77 bits per heavy atom. The summed E-state index contributed by atoms with van der Waals surface area (Å²) in [5.74, 6) is 1.47. The summed E-state index contributed by atoms with van der Waals surface area (Å²) in [4.78, 5) is 24.8. The van der Waals surface area contributed by atoms with Gasteiger partial charge in [0.05, 0.1) is 35.8 Å². The highest BCUT2D eigenvalue weighted by atomic mass is 31.2. The molecule has 6 heteroatoms. The van der Waals surface area contributed by atoms with E-state index in [4.69, 9.17) is 0 Å². The van der Waals surface area contributed by atoms with E-state index in [2.05, 4.69) is 46.3 Å². The van der Waals surface area contributed by atoms with Gasteiger partial charge in [-0.2, -0.15) is 0 Å². The first-order valence-corrected chi connectivity index (χ1v) is 9.73. The average Bonchev–Trinajstić information content (AvgIpc) is 2.44. The van der Waals surface area contributed by atoms with Gasteiger partial charge in [-0.05, 0) is 41.5 Å². The van der Waals surface area contributed by atoms with Crippen molar-refractivity contribution in [1.29, 1.82) is 0 Å². The van der Waals surface area contributed by atoms with Gasteiger partial charge < -0.3 is 10.1 Å². The van der Waals surface area contributed by atoms with Gasteiger partial charge in [-0.1, -0.05) is 0 Å². The summed E-state index contributed by atoms with van der Waals surface area (Å²) in [6, 6.07) is 0. The zero-order valence-electron chi connectivity index (χ0n) is 15.0. The van der Waals surface area contributed by atoms with Crippen LogP contribution in [-0.4, -0.2) is 60.1 Å². The molecule has 0 N–H and O–H groups in total. The van der Waals surface area contributed by atoms with E-state index in [-0.39, 0.29) is 5.57 Å². The van der Waals surface area contributed by atoms with Crippen LogP contribution in [0.1, 0.15) is 41.5 Å². The summed E-state index contributed by atoms with van der Waals surface area (Å²) >= 11 is 0. The Morgan fingerprint density at radius 1 is 1.09 bits per heavy atom. The van der Waals surface area contributed by atoms with Gasteiger partial charge in [0, 0.05) is 14.3 Å². The molecule has 0 saturated carbocycles. The first-order chi connectivity index (χ1) is 10.1. The molecule has 0 aromatic rings. The second-order valence-electron chi connectivity index (χ2n) is 6.36. The first kappa shape index (κ1) is 20.8. The number of carbonyl (C=O) groups excluding carboxylic acids is 2. The molecule has 0 aliphatic heterocycles. The Morgan fingerprint density at radius 2 is 1.50 bits per heavy atom. The lowest BCUT2D eigenvalue weighted by molar-refractivity contribution is -0.124. The van der Waals surface area contributed by atoms with Gasteiger partial charge in [-0.25, -0.2) is 9.69 Å². The van der Waals surface area contributed by atoms with Crippen LogP contribution in [0.5, 0.6) is 0 Å². The highest BCUT2D eigenvalue weighted by molar-refractivity contribution is 7.78. The predicted octanol–water partition coefficient (Wildman–Crippen LogP) is 3.62. The maximum Gasteiger partial charge on any atom is 0.416 e. The number of likely N-dealkylation sites (N-methyl/N-ethyl adjacent to an activating group) is 1. The lowest BCUT2D eigenvalue weighted by Crippen LogP contribution is -2.37. The van der Waals surface area contributed by atoms with E-state index < -0.39 is 19.3 Å². The summed E-state index contributed by atoms with van der Waals surface area (Å²) in [5.41, 5.74) is 1.38. The Labute approximate surface area is 134 Å². The number of hydrogen-bond donors (Lipinski definition) is 0. The van der Waals surface area contributed by atoms with Crippen molar-refractivity contribution in [3.05, 3.63) is 11.0 Å². The lowest BCUT2D eigenvalue weighted by atomic mass is 10.3. The van der Waals surface area contributed by atoms with Crippen LogP contribution >= 0.6 is 7.26 Å². The van der Waals surface area contributed by atoms with E-state index in [0.717, 1.165) is 4.90 Å². The molecule has 126 valence electrons. The van der Waals surface area contributed by atoms with Crippen LogP contribution in [0.2, 0.25) is 0 Å². The van der Waals surface area contributed by atoms with E-state index in [1.807, 2.05) is 5.87 Å². The number of rotatable bonds is 6. The first-order valence-electron chi connectivity index (χ1n) is 7.55. The summed E-state index contributed by atoms with van der Waals surface area (Å²) < 4.78 is 4.55. The van der Waals surface area contributed by atoms with Crippen LogP contribution in [-0.2, 0) is 9.53 Å². The van der Waals surface area contributed by atoms with Crippen molar-refractivity contribution in [3.8, 4) is 0 Å². The molecule has 0 aliphatic rings. The summed E-state index contributed by atoms with van der Waals surface area (Å²) in [5, 5.41) is 9.44. The van der Waals surface area contributed by atoms with Gasteiger partial charge >= 0.3 is 6.09 Å². The van der Waals surface area contributed by atoms with Gasteiger partial charge in [0.1, 0.15) is 0 Å². The molecule has 0 bridgehead atoms. The predicted molar refractivity (Wildman–Crippen MR) is 94.2 cm³/mol. The average molecular weight is 328 g/mol. The number of carbonyl (C=O) groups is 2. The molecule has 2 amide bonds. The van der Waals surface area contributed by atoms with Gasteiger partial charge in [0.2, 0.25) is 0 Å². The minimum atomic E-state index is -1.58. The van der Waals surface area contributed by atoms with Crippen molar-refractivity contribution in [2.75, 3.05) is 20.3 Å². The third kappa shape index (κ3) is 4.18. The standard InChI is InChI=1S/C16H29N2O3P/c1-11(2)22(12(3)4,13(5)6)10-14(9-17)15(19)18(7)16(20)21-8/h11-13H,10H2,1-8H3. The van der Waals surface area contributed by atoms with Crippen molar-refractivity contribution in [2.24, 2.45) is 0 Å². The molecule has 0 heterocycles. The van der Waals surface area contributed by atoms with Crippen LogP contribution in [0.25, 0.3) is 5.41 Å². The Balaban J connectivity index is 5.65. The molecule has 22 heavy (non-hydrogen) atoms. The second-order valence-corrected chi connectivity index (χ2v) is 11.8. The molecule has 0 radical (unpaired) electrons. The third-order valence-electron chi connectivity index (χ3n) is 4.46. The molecular weight excluding hydrogens is 299 g/mol. The van der Waals surface area contributed by atoms with E-state index in [1.54, 1.807) is 0 Å². The van der Waals surface area contributed by atoms with Crippen LogP contribution in [0.3, 0.4) is 0 Å². The molecule has 0 aromatic heterocycles. The second kappa shape index (κ2) is 8.45. The van der Waals surface area contributed by atoms with E-state index in [0.29, 0.717) is 23.1 Å². The molecular formula is C16H29N2O3P. The van der Waals surface area contributed by atoms with Crippen molar-refractivity contribution in [1.82, 2.24) is 4.90 Å². The van der Waals surface area contributed by atoms with Gasteiger partial charge in [-0.15, -0.1) is 0 Å². The fourth-order valence-corrected chi connectivity index (χ4v) is 8.61. The zero-order chi connectivity index (χ0) is 17.7. The smallest absolute Gasteiger partial charge is 0.416 e. The van der Waals surface area contributed by atoms with Crippen molar-refractivity contribution in [2.45, 2.75) is 58.5 Å². The van der Waals surface area contributed by atoms with Gasteiger partial charge in [-0.3, -0.25) is 10.7 Å². The highest BCUT2D eigenvalue weighted by Gasteiger charge is 2.48. The van der Waals surface area contributed by atoms with Crippen LogP contribution in [0.15, 0.2) is 5.57 Å². The molecule has 0 spiro atoms. The zero-order valence-corrected chi connectivity index (χ0v) is 15.9. The van der Waals surface area contributed by atoms with Crippen LogP contribution in [0, 0.1) is 0 Å². The maximum atomic E-state index is 12.4. The lowest BCUT2D eigenvalue weighted by Gasteiger charge is -2.39. The Bertz CT molecular complexity index is 444. The number of amides is 2. The maximum absolute atomic E-state index is 12.4. The largest absolute Gasteiger partial charge is 0.763 e. The highest BCUT2D eigenvalue weighted by Crippen LogP contribution is 2.70. The number of methoxy groups -OCH3 is 1. The monoisotopic (exact) mass is 328 g/mol. The molecule has 0 saturated heterocycles. The van der Waals surface area contributed by atoms with Gasteiger partial charge in [0.15, 0.2) is 0 Å². The normalized spacial score (nSPS) is 11.6. The SMILES string of the molecule is COC(=O)N(C)C(=O)C(=C=[N-])C[P+](C(C)C)(C(C)C)C(C)C. The fourth-order valence-electron chi connectivity index (χ4n) is 3.18. The van der Waals surface area contributed by atoms with Crippen molar-refractivity contribution < 1.29 is 14.3 Å². The quantitative estimate of drug-likeness (QED) is 0.425. The molecule has 0 unspecified atom stereocenters. The minimum absolute atomic E-state index is 0.150. The Kier molecular flexibility index (Phi) is 8.00. The van der Waals surface area contributed by atoms with Crippen molar-refractivity contribution >= 4 is 25.1 Å². The fraction of sp³-hybridized carbons (Fsp3) is 0.750. The number of ether oxygens (including phenoxy) is 1. The van der Waals surface area contributed by atoms with E-state index in [9.17, 15) is 15.0 Å². The molecule has 0 rings (SSSR count). The van der Waals surface area contributed by atoms with Crippen molar-refractivity contribution in [3.63, 3.8) is 0 Å². The molecule has 0 fully saturated rings. The number of imide groups is 1. The molecule has 5 nitrogen and oxygen atoms in total. The molecule has 0 atom stereocenters. The van der Waals surface area contributed by atoms with E-state index >= 15 is 0 Å².